The van der Waals surface area contributed by atoms with Crippen LogP contribution in [0.3, 0.4) is 0 Å². The minimum absolute atomic E-state index is 0.0189. The van der Waals surface area contributed by atoms with Crippen molar-refractivity contribution >= 4 is 17.5 Å². The number of hydrogen-bond acceptors (Lipinski definition) is 4. The molecule has 0 heterocycles. The second-order valence-electron chi connectivity index (χ2n) is 4.58. The van der Waals surface area contributed by atoms with Gasteiger partial charge in [0, 0.05) is 17.7 Å². The normalized spacial score (nSPS) is 9.96. The van der Waals surface area contributed by atoms with E-state index in [9.17, 15) is 24.1 Å². The van der Waals surface area contributed by atoms with Gasteiger partial charge in [-0.05, 0) is 17.7 Å². The summed E-state index contributed by atoms with van der Waals surface area (Å²) in [5, 5.41) is 10.6. The first-order chi connectivity index (χ1) is 11.0. The molecule has 2 amide bonds. The molecule has 0 aliphatic heterocycles. The first-order valence-electron chi connectivity index (χ1n) is 6.54. The molecule has 0 saturated heterocycles. The Labute approximate surface area is 130 Å². The number of hydrazine groups is 1. The number of halogens is 1. The Bertz CT molecular complexity index is 764. The highest BCUT2D eigenvalue weighted by molar-refractivity contribution is 5.96. The van der Waals surface area contributed by atoms with Gasteiger partial charge in [0.1, 0.15) is 5.82 Å². The minimum atomic E-state index is -0.712. The van der Waals surface area contributed by atoms with Crippen molar-refractivity contribution in [1.29, 1.82) is 0 Å². The molecule has 0 saturated carbocycles. The Morgan fingerprint density at radius 1 is 1.09 bits per heavy atom. The zero-order chi connectivity index (χ0) is 16.8. The Balaban J connectivity index is 1.94. The topological polar surface area (TPSA) is 101 Å². The van der Waals surface area contributed by atoms with Crippen LogP contribution in [0.15, 0.2) is 48.5 Å². The Hall–Kier alpha value is -3.29. The fraction of sp³-hybridized carbons (Fsp3) is 0.0667. The average Bonchev–Trinajstić information content (AvgIpc) is 2.55. The third-order valence-electron chi connectivity index (χ3n) is 2.94. The molecule has 0 fully saturated rings. The van der Waals surface area contributed by atoms with Crippen LogP contribution in [-0.4, -0.2) is 16.7 Å². The van der Waals surface area contributed by atoms with E-state index in [0.29, 0.717) is 0 Å². The summed E-state index contributed by atoms with van der Waals surface area (Å²) in [7, 11) is 0. The number of amides is 2. The van der Waals surface area contributed by atoms with Gasteiger partial charge < -0.3 is 0 Å². The highest BCUT2D eigenvalue weighted by Crippen LogP contribution is 2.12. The molecule has 0 aliphatic rings. The van der Waals surface area contributed by atoms with E-state index in [0.717, 1.165) is 6.07 Å². The quantitative estimate of drug-likeness (QED) is 0.662. The highest BCUT2D eigenvalue weighted by Gasteiger charge is 2.13. The number of benzene rings is 2. The summed E-state index contributed by atoms with van der Waals surface area (Å²) in [6, 6.07) is 10.8. The predicted octanol–water partition coefficient (Wildman–Crippen LogP) is 1.74. The van der Waals surface area contributed by atoms with Crippen molar-refractivity contribution in [2.75, 3.05) is 0 Å². The first kappa shape index (κ1) is 16.1. The lowest BCUT2D eigenvalue weighted by molar-refractivity contribution is -0.384. The standard InChI is InChI=1S/C15H12FN3O4/c16-13-7-2-1-4-10(13)9-14(20)17-18-15(21)11-5-3-6-12(8-11)19(22)23/h1-8H,9H2,(H,17,20)(H,18,21). The minimum Gasteiger partial charge on any atom is -0.273 e. The van der Waals surface area contributed by atoms with E-state index in [1.807, 2.05) is 0 Å². The largest absolute Gasteiger partial charge is 0.273 e. The maximum atomic E-state index is 13.4. The molecule has 118 valence electrons. The second-order valence-corrected chi connectivity index (χ2v) is 4.58. The number of carbonyl (C=O) groups excluding carboxylic acids is 2. The summed E-state index contributed by atoms with van der Waals surface area (Å²) in [4.78, 5) is 33.5. The van der Waals surface area contributed by atoms with Gasteiger partial charge in [-0.3, -0.25) is 30.6 Å². The average molecular weight is 317 g/mol. The fourth-order valence-corrected chi connectivity index (χ4v) is 1.82. The van der Waals surface area contributed by atoms with Crippen molar-refractivity contribution in [2.24, 2.45) is 0 Å². The van der Waals surface area contributed by atoms with Gasteiger partial charge in [-0.15, -0.1) is 0 Å². The Morgan fingerprint density at radius 2 is 1.83 bits per heavy atom. The van der Waals surface area contributed by atoms with Crippen LogP contribution < -0.4 is 10.9 Å². The highest BCUT2D eigenvalue weighted by atomic mass is 19.1. The van der Waals surface area contributed by atoms with Crippen molar-refractivity contribution in [3.05, 3.63) is 75.6 Å². The molecule has 23 heavy (non-hydrogen) atoms. The molecule has 2 rings (SSSR count). The number of nitro benzene ring substituents is 1. The molecule has 2 aromatic carbocycles. The van der Waals surface area contributed by atoms with Gasteiger partial charge >= 0.3 is 0 Å². The van der Waals surface area contributed by atoms with Crippen LogP contribution in [0.2, 0.25) is 0 Å². The predicted molar refractivity (Wildman–Crippen MR) is 78.8 cm³/mol. The number of nitrogens with zero attached hydrogens (tertiary/aromatic N) is 1. The van der Waals surface area contributed by atoms with Gasteiger partial charge in [-0.2, -0.15) is 0 Å². The molecule has 2 N–H and O–H groups in total. The molecule has 0 spiro atoms. The van der Waals surface area contributed by atoms with Crippen LogP contribution in [-0.2, 0) is 11.2 Å². The van der Waals surface area contributed by atoms with Crippen LogP contribution in [0, 0.1) is 15.9 Å². The molecular weight excluding hydrogens is 305 g/mol. The van der Waals surface area contributed by atoms with Gasteiger partial charge in [-0.1, -0.05) is 24.3 Å². The molecule has 0 atom stereocenters. The van der Waals surface area contributed by atoms with E-state index >= 15 is 0 Å². The number of non-ortho nitro benzene ring substituents is 1. The SMILES string of the molecule is O=C(Cc1ccccc1F)NNC(=O)c1cccc([N+](=O)[O-])c1. The van der Waals surface area contributed by atoms with Crippen LogP contribution in [0.1, 0.15) is 15.9 Å². The summed E-state index contributed by atoms with van der Waals surface area (Å²) in [6.45, 7) is 0. The molecule has 0 aromatic heterocycles. The van der Waals surface area contributed by atoms with E-state index in [1.165, 1.54) is 36.4 Å². The van der Waals surface area contributed by atoms with Gasteiger partial charge in [-0.25, -0.2) is 4.39 Å². The summed E-state index contributed by atoms with van der Waals surface area (Å²) in [5.41, 5.74) is 4.22. The molecule has 8 heteroatoms. The van der Waals surface area contributed by atoms with E-state index in [-0.39, 0.29) is 23.2 Å². The number of hydrogen-bond donors (Lipinski definition) is 2. The number of rotatable bonds is 4. The number of nitrogens with one attached hydrogen (secondary N) is 2. The lowest BCUT2D eigenvalue weighted by Crippen LogP contribution is -2.42. The molecule has 0 unspecified atom stereocenters. The van der Waals surface area contributed by atoms with Crippen LogP contribution in [0.25, 0.3) is 0 Å². The van der Waals surface area contributed by atoms with Crippen molar-refractivity contribution in [1.82, 2.24) is 10.9 Å². The molecule has 0 radical (unpaired) electrons. The number of nitro groups is 1. The van der Waals surface area contributed by atoms with Crippen LogP contribution in [0.5, 0.6) is 0 Å². The summed E-state index contributed by atoms with van der Waals surface area (Å²) < 4.78 is 13.4. The molecular formula is C15H12FN3O4. The van der Waals surface area contributed by atoms with Gasteiger partial charge in [0.05, 0.1) is 11.3 Å². The van der Waals surface area contributed by atoms with Crippen LogP contribution >= 0.6 is 0 Å². The summed E-state index contributed by atoms with van der Waals surface area (Å²) in [5.74, 6) is -1.85. The second kappa shape index (κ2) is 7.12. The van der Waals surface area contributed by atoms with Crippen LogP contribution in [0.4, 0.5) is 10.1 Å². The fourth-order valence-electron chi connectivity index (χ4n) is 1.82. The van der Waals surface area contributed by atoms with E-state index < -0.39 is 22.6 Å². The van der Waals surface area contributed by atoms with Gasteiger partial charge in [0.25, 0.3) is 11.6 Å². The third kappa shape index (κ3) is 4.34. The molecule has 2 aromatic rings. The third-order valence-corrected chi connectivity index (χ3v) is 2.94. The van der Waals surface area contributed by atoms with E-state index in [2.05, 4.69) is 10.9 Å². The smallest absolute Gasteiger partial charge is 0.270 e. The maximum Gasteiger partial charge on any atom is 0.270 e. The summed E-state index contributed by atoms with van der Waals surface area (Å²) in [6.07, 6.45) is -0.248. The lowest BCUT2D eigenvalue weighted by Gasteiger charge is -2.08. The molecule has 0 aliphatic carbocycles. The monoisotopic (exact) mass is 317 g/mol. The van der Waals surface area contributed by atoms with Gasteiger partial charge in [0.15, 0.2) is 0 Å². The number of carbonyl (C=O) groups is 2. The zero-order valence-corrected chi connectivity index (χ0v) is 11.8. The maximum absolute atomic E-state index is 13.4. The van der Waals surface area contributed by atoms with Gasteiger partial charge in [0.2, 0.25) is 5.91 Å². The molecule has 7 nitrogen and oxygen atoms in total. The van der Waals surface area contributed by atoms with Crippen molar-refractivity contribution in [2.45, 2.75) is 6.42 Å². The van der Waals surface area contributed by atoms with Crippen molar-refractivity contribution < 1.29 is 18.9 Å². The van der Waals surface area contributed by atoms with E-state index in [4.69, 9.17) is 0 Å². The zero-order valence-electron chi connectivity index (χ0n) is 11.8. The summed E-state index contributed by atoms with van der Waals surface area (Å²) >= 11 is 0. The lowest BCUT2D eigenvalue weighted by atomic mass is 10.1. The first-order valence-corrected chi connectivity index (χ1v) is 6.54. The van der Waals surface area contributed by atoms with Crippen molar-refractivity contribution in [3.63, 3.8) is 0 Å². The Kier molecular flexibility index (Phi) is 4.98. The Morgan fingerprint density at radius 3 is 2.52 bits per heavy atom. The molecule has 0 bridgehead atoms. The van der Waals surface area contributed by atoms with Crippen molar-refractivity contribution in [3.8, 4) is 0 Å². The van der Waals surface area contributed by atoms with E-state index in [1.54, 1.807) is 6.07 Å².